The van der Waals surface area contributed by atoms with Crippen LogP contribution in [0.1, 0.15) is 52.9 Å². The smallest absolute Gasteiger partial charge is 0.0113 e. The minimum absolute atomic E-state index is 0.750. The van der Waals surface area contributed by atoms with Crippen LogP contribution >= 0.6 is 0 Å². The lowest BCUT2D eigenvalue weighted by Crippen LogP contribution is -2.48. The van der Waals surface area contributed by atoms with Gasteiger partial charge in [0.25, 0.3) is 0 Å². The second kappa shape index (κ2) is 7.08. The number of nitrogens with one attached hydrogen (secondary N) is 1. The zero-order chi connectivity index (χ0) is 13.8. The highest BCUT2D eigenvalue weighted by molar-refractivity contribution is 4.89. The van der Waals surface area contributed by atoms with Gasteiger partial charge in [-0.25, -0.2) is 0 Å². The molecular formula is C17H34N2. The molecule has 0 heterocycles. The summed E-state index contributed by atoms with van der Waals surface area (Å²) in [5.74, 6) is 3.64. The molecule has 112 valence electrons. The van der Waals surface area contributed by atoms with Crippen LogP contribution in [-0.2, 0) is 0 Å². The van der Waals surface area contributed by atoms with Gasteiger partial charge in [0.1, 0.15) is 0 Å². The molecule has 0 spiro atoms. The highest BCUT2D eigenvalue weighted by Crippen LogP contribution is 2.35. The molecule has 4 unspecified atom stereocenters. The van der Waals surface area contributed by atoms with Gasteiger partial charge in [0.05, 0.1) is 0 Å². The van der Waals surface area contributed by atoms with Crippen LogP contribution in [0.3, 0.4) is 0 Å². The monoisotopic (exact) mass is 266 g/mol. The van der Waals surface area contributed by atoms with Crippen LogP contribution < -0.4 is 5.32 Å². The fourth-order valence-corrected chi connectivity index (χ4v) is 3.96. The van der Waals surface area contributed by atoms with E-state index in [-0.39, 0.29) is 0 Å². The first-order valence-electron chi connectivity index (χ1n) is 8.52. The average molecular weight is 266 g/mol. The second-order valence-electron chi connectivity index (χ2n) is 7.44. The van der Waals surface area contributed by atoms with Gasteiger partial charge in [0, 0.05) is 19.1 Å². The van der Waals surface area contributed by atoms with Gasteiger partial charge in [-0.15, -0.1) is 0 Å². The van der Waals surface area contributed by atoms with E-state index in [0.717, 1.165) is 29.7 Å². The zero-order valence-corrected chi connectivity index (χ0v) is 13.5. The van der Waals surface area contributed by atoms with Gasteiger partial charge in [0.15, 0.2) is 0 Å². The first-order chi connectivity index (χ1) is 9.10. The molecule has 2 fully saturated rings. The molecule has 2 heteroatoms. The Kier molecular flexibility index (Phi) is 5.70. The predicted octanol–water partition coefficient (Wildman–Crippen LogP) is 3.38. The lowest BCUT2D eigenvalue weighted by Gasteiger charge is -2.42. The molecule has 0 aromatic heterocycles. The van der Waals surface area contributed by atoms with Crippen molar-refractivity contribution in [3.63, 3.8) is 0 Å². The van der Waals surface area contributed by atoms with Crippen molar-refractivity contribution in [2.24, 2.45) is 23.7 Å². The first kappa shape index (κ1) is 15.3. The van der Waals surface area contributed by atoms with Crippen LogP contribution in [0.15, 0.2) is 0 Å². The Balaban J connectivity index is 1.87. The molecule has 2 aliphatic rings. The Labute approximate surface area is 120 Å². The summed E-state index contributed by atoms with van der Waals surface area (Å²) in [6, 6.07) is 0.750. The lowest BCUT2D eigenvalue weighted by molar-refractivity contribution is 0.110. The predicted molar refractivity (Wildman–Crippen MR) is 83.4 cm³/mol. The molecule has 0 aliphatic heterocycles. The van der Waals surface area contributed by atoms with Crippen LogP contribution in [0.4, 0.5) is 0 Å². The third-order valence-corrected chi connectivity index (χ3v) is 5.12. The molecule has 1 N–H and O–H groups in total. The molecule has 2 saturated carbocycles. The van der Waals surface area contributed by atoms with Gasteiger partial charge in [-0.05, 0) is 69.4 Å². The molecule has 0 aromatic carbocycles. The van der Waals surface area contributed by atoms with E-state index in [0.29, 0.717) is 0 Å². The minimum Gasteiger partial charge on any atom is -0.314 e. The fraction of sp³-hybridized carbons (Fsp3) is 1.00. The van der Waals surface area contributed by atoms with Crippen molar-refractivity contribution in [2.75, 3.05) is 26.7 Å². The molecule has 19 heavy (non-hydrogen) atoms. The number of nitrogens with zero attached hydrogens (tertiary/aromatic N) is 1. The van der Waals surface area contributed by atoms with Gasteiger partial charge in [0.2, 0.25) is 0 Å². The molecule has 2 rings (SSSR count). The normalized spacial score (nSPS) is 35.8. The average Bonchev–Trinajstić information content (AvgIpc) is 3.14. The highest BCUT2D eigenvalue weighted by atomic mass is 15.1. The molecule has 0 amide bonds. The third-order valence-electron chi connectivity index (χ3n) is 5.12. The topological polar surface area (TPSA) is 15.3 Å². The summed E-state index contributed by atoms with van der Waals surface area (Å²) in [6.07, 6.45) is 7.00. The van der Waals surface area contributed by atoms with E-state index >= 15 is 0 Å². The maximum atomic E-state index is 3.83. The van der Waals surface area contributed by atoms with E-state index in [1.54, 1.807) is 0 Å². The van der Waals surface area contributed by atoms with E-state index in [4.69, 9.17) is 0 Å². The van der Waals surface area contributed by atoms with E-state index in [1.807, 2.05) is 0 Å². The van der Waals surface area contributed by atoms with Crippen LogP contribution in [0, 0.1) is 23.7 Å². The molecule has 0 saturated heterocycles. The van der Waals surface area contributed by atoms with Crippen molar-refractivity contribution >= 4 is 0 Å². The van der Waals surface area contributed by atoms with E-state index in [2.05, 4.69) is 38.0 Å². The summed E-state index contributed by atoms with van der Waals surface area (Å²) in [4.78, 5) is 2.61. The van der Waals surface area contributed by atoms with Crippen LogP contribution in [0.25, 0.3) is 0 Å². The Morgan fingerprint density at radius 3 is 2.47 bits per heavy atom. The van der Waals surface area contributed by atoms with Gasteiger partial charge < -0.3 is 10.2 Å². The zero-order valence-electron chi connectivity index (χ0n) is 13.5. The van der Waals surface area contributed by atoms with Crippen LogP contribution in [-0.4, -0.2) is 37.6 Å². The maximum absolute atomic E-state index is 3.83. The quantitative estimate of drug-likeness (QED) is 0.760. The summed E-state index contributed by atoms with van der Waals surface area (Å²) < 4.78 is 0. The van der Waals surface area contributed by atoms with Crippen molar-refractivity contribution in [1.82, 2.24) is 10.2 Å². The van der Waals surface area contributed by atoms with E-state index < -0.39 is 0 Å². The SMILES string of the molecule is CCCNC1CC(C)CC(C)C1CN(C)CC1CC1. The van der Waals surface area contributed by atoms with Crippen molar-refractivity contribution in [3.05, 3.63) is 0 Å². The van der Waals surface area contributed by atoms with Crippen LogP contribution in [0.2, 0.25) is 0 Å². The Morgan fingerprint density at radius 2 is 1.84 bits per heavy atom. The molecule has 0 aromatic rings. The number of rotatable bonds is 7. The Hall–Kier alpha value is -0.0800. The minimum atomic E-state index is 0.750. The molecule has 2 nitrogen and oxygen atoms in total. The second-order valence-corrected chi connectivity index (χ2v) is 7.44. The maximum Gasteiger partial charge on any atom is 0.0113 e. The molecule has 2 aliphatic carbocycles. The molecule has 0 bridgehead atoms. The number of hydrogen-bond donors (Lipinski definition) is 1. The standard InChI is InChI=1S/C17H34N2/c1-5-8-18-17-10-13(2)9-14(3)16(17)12-19(4)11-15-6-7-15/h13-18H,5-12H2,1-4H3. The van der Waals surface area contributed by atoms with Crippen molar-refractivity contribution in [2.45, 2.75) is 58.9 Å². The van der Waals surface area contributed by atoms with Crippen molar-refractivity contribution in [3.8, 4) is 0 Å². The Morgan fingerprint density at radius 1 is 1.11 bits per heavy atom. The van der Waals surface area contributed by atoms with Gasteiger partial charge in [-0.3, -0.25) is 0 Å². The summed E-state index contributed by atoms with van der Waals surface area (Å²) in [5.41, 5.74) is 0. The molecular weight excluding hydrogens is 232 g/mol. The molecule has 4 atom stereocenters. The van der Waals surface area contributed by atoms with E-state index in [1.165, 1.54) is 51.7 Å². The summed E-state index contributed by atoms with van der Waals surface area (Å²) >= 11 is 0. The third kappa shape index (κ3) is 4.75. The Bertz CT molecular complexity index is 262. The van der Waals surface area contributed by atoms with Crippen molar-refractivity contribution in [1.29, 1.82) is 0 Å². The van der Waals surface area contributed by atoms with E-state index in [9.17, 15) is 0 Å². The summed E-state index contributed by atoms with van der Waals surface area (Å²) in [5, 5.41) is 3.83. The highest BCUT2D eigenvalue weighted by Gasteiger charge is 2.34. The van der Waals surface area contributed by atoms with Gasteiger partial charge in [-0.1, -0.05) is 20.8 Å². The van der Waals surface area contributed by atoms with Gasteiger partial charge >= 0.3 is 0 Å². The number of hydrogen-bond acceptors (Lipinski definition) is 2. The first-order valence-corrected chi connectivity index (χ1v) is 8.52. The largest absolute Gasteiger partial charge is 0.314 e. The van der Waals surface area contributed by atoms with Crippen LogP contribution in [0.5, 0.6) is 0 Å². The fourth-order valence-electron chi connectivity index (χ4n) is 3.96. The van der Waals surface area contributed by atoms with Gasteiger partial charge in [-0.2, -0.15) is 0 Å². The summed E-state index contributed by atoms with van der Waals surface area (Å²) in [7, 11) is 2.33. The summed E-state index contributed by atoms with van der Waals surface area (Å²) in [6.45, 7) is 11.0. The lowest BCUT2D eigenvalue weighted by atomic mass is 9.72. The molecule has 0 radical (unpaired) electrons. The van der Waals surface area contributed by atoms with Crippen molar-refractivity contribution < 1.29 is 0 Å².